The number of hydrogen-bond acceptors (Lipinski definition) is 3. The van der Waals surface area contributed by atoms with Gasteiger partial charge in [-0.1, -0.05) is 42.2 Å². The molecule has 26 heavy (non-hydrogen) atoms. The van der Waals surface area contributed by atoms with E-state index in [1.165, 1.54) is 0 Å². The molecule has 2 amide bonds. The summed E-state index contributed by atoms with van der Waals surface area (Å²) in [6, 6.07) is 14.6. The lowest BCUT2D eigenvalue weighted by Crippen LogP contribution is -2.28. The topological polar surface area (TPSA) is 59.6 Å². The summed E-state index contributed by atoms with van der Waals surface area (Å²) in [7, 11) is 1.58. The average Bonchev–Trinajstić information content (AvgIpc) is 2.66. The number of benzene rings is 2. The molecule has 0 saturated carbocycles. The molecule has 5 nitrogen and oxygen atoms in total. The minimum Gasteiger partial charge on any atom is -0.497 e. The van der Waals surface area contributed by atoms with Gasteiger partial charge in [-0.3, -0.25) is 0 Å². The normalized spacial score (nSPS) is 9.42. The fraction of sp³-hybridized carbons (Fsp3) is 0.190. The fourth-order valence-corrected chi connectivity index (χ4v) is 2.20. The molecule has 0 aromatic heterocycles. The Labute approximate surface area is 154 Å². The van der Waals surface area contributed by atoms with E-state index in [-0.39, 0.29) is 19.2 Å². The quantitative estimate of drug-likeness (QED) is 0.592. The predicted octanol–water partition coefficient (Wildman–Crippen LogP) is 3.63. The predicted molar refractivity (Wildman–Crippen MR) is 104 cm³/mol. The summed E-state index contributed by atoms with van der Waals surface area (Å²) < 4.78 is 10.8. The van der Waals surface area contributed by atoms with Crippen LogP contribution in [-0.4, -0.2) is 26.3 Å². The van der Waals surface area contributed by atoms with Gasteiger partial charge >= 0.3 is 6.03 Å². The summed E-state index contributed by atoms with van der Waals surface area (Å²) in [4.78, 5) is 11.8. The Morgan fingerprint density at radius 1 is 1.19 bits per heavy atom. The third kappa shape index (κ3) is 6.25. The maximum absolute atomic E-state index is 11.8. The molecule has 2 aromatic carbocycles. The number of hydrogen-bond donors (Lipinski definition) is 2. The van der Waals surface area contributed by atoms with Crippen LogP contribution in [0.15, 0.2) is 61.2 Å². The van der Waals surface area contributed by atoms with Crippen LogP contribution < -0.4 is 20.1 Å². The summed E-state index contributed by atoms with van der Waals surface area (Å²) in [5, 5.41) is 5.38. The zero-order valence-corrected chi connectivity index (χ0v) is 14.7. The molecule has 2 aromatic rings. The second-order valence-electron chi connectivity index (χ2n) is 5.28. The lowest BCUT2D eigenvalue weighted by Gasteiger charge is -2.07. The molecule has 0 bridgehead atoms. The number of allylic oxidation sites excluding steroid dienone is 1. The van der Waals surface area contributed by atoms with Crippen LogP contribution in [0.4, 0.5) is 10.5 Å². The number of anilines is 1. The molecule has 0 aliphatic rings. The average molecular weight is 350 g/mol. The Morgan fingerprint density at radius 2 is 2.04 bits per heavy atom. The van der Waals surface area contributed by atoms with Gasteiger partial charge in [0.05, 0.1) is 13.7 Å². The highest BCUT2D eigenvalue weighted by molar-refractivity contribution is 5.89. The van der Waals surface area contributed by atoms with Crippen LogP contribution in [0.2, 0.25) is 0 Å². The highest BCUT2D eigenvalue weighted by Crippen LogP contribution is 2.18. The van der Waals surface area contributed by atoms with Gasteiger partial charge in [-0.05, 0) is 30.2 Å². The first-order valence-electron chi connectivity index (χ1n) is 8.19. The summed E-state index contributed by atoms with van der Waals surface area (Å²) in [5.74, 6) is 7.21. The van der Waals surface area contributed by atoms with Crippen molar-refractivity contribution in [3.63, 3.8) is 0 Å². The Hall–Kier alpha value is -3.39. The molecular weight excluding hydrogens is 328 g/mol. The van der Waals surface area contributed by atoms with Crippen molar-refractivity contribution in [2.75, 3.05) is 25.6 Å². The number of carbonyl (C=O) groups excluding carboxylic acids is 1. The smallest absolute Gasteiger partial charge is 0.319 e. The largest absolute Gasteiger partial charge is 0.497 e. The van der Waals surface area contributed by atoms with E-state index in [2.05, 4.69) is 29.1 Å². The Balaban J connectivity index is 1.73. The summed E-state index contributed by atoms with van der Waals surface area (Å²) in [6.45, 7) is 4.22. The molecule has 0 radical (unpaired) electrons. The van der Waals surface area contributed by atoms with Gasteiger partial charge in [0, 0.05) is 11.8 Å². The Kier molecular flexibility index (Phi) is 7.63. The second-order valence-corrected chi connectivity index (χ2v) is 5.28. The van der Waals surface area contributed by atoms with Crippen LogP contribution in [-0.2, 0) is 6.42 Å². The number of nitrogens with one attached hydrogen (secondary N) is 2. The van der Waals surface area contributed by atoms with E-state index < -0.39 is 0 Å². The van der Waals surface area contributed by atoms with Gasteiger partial charge in [0.2, 0.25) is 0 Å². The van der Waals surface area contributed by atoms with Gasteiger partial charge in [-0.2, -0.15) is 0 Å². The molecule has 0 aliphatic carbocycles. The SMILES string of the molecule is C=CCc1ccccc1OCC#CCNC(=O)Nc1cccc(OC)c1. The molecule has 0 spiro atoms. The number of para-hydroxylation sites is 1. The molecule has 0 atom stereocenters. The van der Waals surface area contributed by atoms with Gasteiger partial charge in [0.25, 0.3) is 0 Å². The molecule has 2 rings (SSSR count). The van der Waals surface area contributed by atoms with Crippen molar-refractivity contribution < 1.29 is 14.3 Å². The van der Waals surface area contributed by atoms with E-state index >= 15 is 0 Å². The molecule has 134 valence electrons. The molecule has 0 saturated heterocycles. The molecule has 0 heterocycles. The van der Waals surface area contributed by atoms with Crippen LogP contribution in [0.1, 0.15) is 5.56 Å². The van der Waals surface area contributed by atoms with Crippen LogP contribution in [0.5, 0.6) is 11.5 Å². The maximum atomic E-state index is 11.8. The monoisotopic (exact) mass is 350 g/mol. The van der Waals surface area contributed by atoms with Crippen LogP contribution in [0, 0.1) is 11.8 Å². The molecule has 2 N–H and O–H groups in total. The zero-order valence-electron chi connectivity index (χ0n) is 14.7. The van der Waals surface area contributed by atoms with Gasteiger partial charge in [-0.15, -0.1) is 6.58 Å². The van der Waals surface area contributed by atoms with E-state index in [1.807, 2.05) is 36.4 Å². The molecule has 0 fully saturated rings. The molecule has 0 aliphatic heterocycles. The van der Waals surface area contributed by atoms with Crippen molar-refractivity contribution in [1.29, 1.82) is 0 Å². The van der Waals surface area contributed by atoms with Crippen LogP contribution >= 0.6 is 0 Å². The number of carbonyl (C=O) groups is 1. The van der Waals surface area contributed by atoms with Crippen molar-refractivity contribution in [3.8, 4) is 23.3 Å². The van der Waals surface area contributed by atoms with Crippen molar-refractivity contribution in [3.05, 3.63) is 66.7 Å². The summed E-state index contributed by atoms with van der Waals surface area (Å²) >= 11 is 0. The standard InChI is InChI=1S/C21H22N2O3/c1-3-9-17-10-4-5-13-20(17)26-15-7-6-14-22-21(24)23-18-11-8-12-19(16-18)25-2/h3-5,8,10-13,16H,1,9,14-15H2,2H3,(H2,22,23,24). The summed E-state index contributed by atoms with van der Waals surface area (Å²) in [6.07, 6.45) is 2.58. The van der Waals surface area contributed by atoms with E-state index in [4.69, 9.17) is 9.47 Å². The number of ether oxygens (including phenoxy) is 2. The highest BCUT2D eigenvalue weighted by atomic mass is 16.5. The van der Waals surface area contributed by atoms with Crippen LogP contribution in [0.3, 0.4) is 0 Å². The van der Waals surface area contributed by atoms with Crippen molar-refractivity contribution >= 4 is 11.7 Å². The first-order chi connectivity index (χ1) is 12.7. The maximum Gasteiger partial charge on any atom is 0.319 e. The summed E-state index contributed by atoms with van der Waals surface area (Å²) in [5.41, 5.74) is 1.72. The van der Waals surface area contributed by atoms with Crippen molar-refractivity contribution in [2.45, 2.75) is 6.42 Å². The van der Waals surface area contributed by atoms with Gasteiger partial charge in [0.15, 0.2) is 0 Å². The number of rotatable bonds is 7. The number of methoxy groups -OCH3 is 1. The number of amides is 2. The second kappa shape index (κ2) is 10.5. The minimum atomic E-state index is -0.329. The lowest BCUT2D eigenvalue weighted by molar-refractivity contribution is 0.253. The van der Waals surface area contributed by atoms with E-state index in [0.717, 1.165) is 17.7 Å². The third-order valence-corrected chi connectivity index (χ3v) is 3.43. The van der Waals surface area contributed by atoms with E-state index in [0.29, 0.717) is 11.4 Å². The Morgan fingerprint density at radius 3 is 2.85 bits per heavy atom. The van der Waals surface area contributed by atoms with Crippen molar-refractivity contribution in [1.82, 2.24) is 5.32 Å². The fourth-order valence-electron chi connectivity index (χ4n) is 2.20. The van der Waals surface area contributed by atoms with Crippen LogP contribution in [0.25, 0.3) is 0 Å². The minimum absolute atomic E-state index is 0.230. The molecule has 5 heteroatoms. The van der Waals surface area contributed by atoms with E-state index in [1.54, 1.807) is 25.3 Å². The van der Waals surface area contributed by atoms with Crippen molar-refractivity contribution in [2.24, 2.45) is 0 Å². The van der Waals surface area contributed by atoms with E-state index in [9.17, 15) is 4.79 Å². The Bertz CT molecular complexity index is 806. The molecule has 0 unspecified atom stereocenters. The first kappa shape index (κ1) is 18.9. The highest BCUT2D eigenvalue weighted by Gasteiger charge is 2.01. The molecular formula is C21H22N2O3. The third-order valence-electron chi connectivity index (χ3n) is 3.43. The van der Waals surface area contributed by atoms with Gasteiger partial charge in [-0.25, -0.2) is 4.79 Å². The van der Waals surface area contributed by atoms with Gasteiger partial charge in [0.1, 0.15) is 18.1 Å². The first-order valence-corrected chi connectivity index (χ1v) is 8.19. The number of urea groups is 1. The lowest BCUT2D eigenvalue weighted by atomic mass is 10.1. The van der Waals surface area contributed by atoms with Gasteiger partial charge < -0.3 is 20.1 Å². The zero-order chi connectivity index (χ0) is 18.6.